The molecule has 0 spiro atoms. The first-order valence-corrected chi connectivity index (χ1v) is 9.36. The minimum atomic E-state index is -0.241. The van der Waals surface area contributed by atoms with Gasteiger partial charge in [0, 0.05) is 39.0 Å². The third kappa shape index (κ3) is 5.47. The van der Waals surface area contributed by atoms with E-state index in [2.05, 4.69) is 16.0 Å². The zero-order chi connectivity index (χ0) is 19.8. The van der Waals surface area contributed by atoms with Crippen LogP contribution >= 0.6 is 0 Å². The summed E-state index contributed by atoms with van der Waals surface area (Å²) in [5.41, 5.74) is 3.02. The number of hydrogen-bond donors (Lipinski definition) is 3. The first kappa shape index (κ1) is 19.7. The van der Waals surface area contributed by atoms with Crippen molar-refractivity contribution in [2.24, 2.45) is 0 Å². The summed E-state index contributed by atoms with van der Waals surface area (Å²) in [6, 6.07) is 17.4. The molecular formula is C21H26N4O3. The average Bonchev–Trinajstić information content (AvgIpc) is 2.74. The van der Waals surface area contributed by atoms with Gasteiger partial charge in [-0.25, -0.2) is 4.79 Å². The van der Waals surface area contributed by atoms with Crippen molar-refractivity contribution >= 4 is 17.6 Å². The van der Waals surface area contributed by atoms with Gasteiger partial charge in [-0.1, -0.05) is 42.5 Å². The Hall–Kier alpha value is -3.06. The second-order valence-electron chi connectivity index (χ2n) is 6.64. The molecule has 1 heterocycles. The van der Waals surface area contributed by atoms with Gasteiger partial charge >= 0.3 is 6.03 Å². The van der Waals surface area contributed by atoms with Crippen molar-refractivity contribution in [3.63, 3.8) is 0 Å². The van der Waals surface area contributed by atoms with E-state index in [1.54, 1.807) is 7.11 Å². The molecule has 1 aliphatic heterocycles. The Morgan fingerprint density at radius 2 is 1.89 bits per heavy atom. The van der Waals surface area contributed by atoms with Crippen molar-refractivity contribution < 1.29 is 14.3 Å². The summed E-state index contributed by atoms with van der Waals surface area (Å²) in [5.74, 6) is 0.0403. The highest BCUT2D eigenvalue weighted by Gasteiger charge is 2.16. The zero-order valence-corrected chi connectivity index (χ0v) is 16.0. The number of rotatable bonds is 7. The number of methoxy groups -OCH3 is 1. The molecule has 3 rings (SSSR count). The summed E-state index contributed by atoms with van der Waals surface area (Å²) >= 11 is 0. The molecule has 148 valence electrons. The van der Waals surface area contributed by atoms with E-state index in [-0.39, 0.29) is 18.0 Å². The lowest BCUT2D eigenvalue weighted by molar-refractivity contribution is -0.120. The standard InChI is InChI=1S/C21H26N4O3/c1-28-19(17-5-3-2-4-6-17)14-24-21(27)23-13-16-7-9-18(10-8-16)25-12-11-22-20(26)15-25/h2-10,19H,11-15H2,1H3,(H,22,26)(H2,23,24,27). The molecule has 2 aromatic rings. The molecule has 3 N–H and O–H groups in total. The van der Waals surface area contributed by atoms with Crippen LogP contribution in [0.25, 0.3) is 0 Å². The predicted molar refractivity (Wildman–Crippen MR) is 108 cm³/mol. The maximum atomic E-state index is 12.1. The number of carbonyl (C=O) groups excluding carboxylic acids is 2. The van der Waals surface area contributed by atoms with E-state index in [1.807, 2.05) is 59.5 Å². The zero-order valence-electron chi connectivity index (χ0n) is 16.0. The maximum Gasteiger partial charge on any atom is 0.315 e. The van der Waals surface area contributed by atoms with Gasteiger partial charge in [0.15, 0.2) is 0 Å². The van der Waals surface area contributed by atoms with Gasteiger partial charge in [-0.3, -0.25) is 4.79 Å². The van der Waals surface area contributed by atoms with Crippen LogP contribution in [-0.4, -0.2) is 45.2 Å². The van der Waals surface area contributed by atoms with Crippen molar-refractivity contribution in [2.45, 2.75) is 12.6 Å². The van der Waals surface area contributed by atoms with Crippen LogP contribution in [0.4, 0.5) is 10.5 Å². The molecule has 0 aromatic heterocycles. The van der Waals surface area contributed by atoms with Gasteiger partial charge in [0.05, 0.1) is 12.6 Å². The van der Waals surface area contributed by atoms with Crippen LogP contribution in [0.3, 0.4) is 0 Å². The summed E-state index contributed by atoms with van der Waals surface area (Å²) in [6.45, 7) is 2.65. The molecule has 1 atom stereocenters. The van der Waals surface area contributed by atoms with E-state index in [4.69, 9.17) is 4.74 Å². The molecule has 2 aromatic carbocycles. The molecule has 7 nitrogen and oxygen atoms in total. The number of urea groups is 1. The fraction of sp³-hybridized carbons (Fsp3) is 0.333. The summed E-state index contributed by atoms with van der Waals surface area (Å²) in [4.78, 5) is 25.6. The van der Waals surface area contributed by atoms with E-state index in [9.17, 15) is 9.59 Å². The van der Waals surface area contributed by atoms with Crippen LogP contribution in [0.2, 0.25) is 0 Å². The number of anilines is 1. The number of nitrogens with one attached hydrogen (secondary N) is 3. The van der Waals surface area contributed by atoms with Crippen LogP contribution in [0.1, 0.15) is 17.2 Å². The van der Waals surface area contributed by atoms with Gasteiger partial charge in [-0.05, 0) is 23.3 Å². The molecular weight excluding hydrogens is 356 g/mol. The Balaban J connectivity index is 1.44. The van der Waals surface area contributed by atoms with Crippen LogP contribution < -0.4 is 20.9 Å². The Morgan fingerprint density at radius 1 is 1.14 bits per heavy atom. The Morgan fingerprint density at radius 3 is 2.57 bits per heavy atom. The lowest BCUT2D eigenvalue weighted by atomic mass is 10.1. The van der Waals surface area contributed by atoms with E-state index in [0.29, 0.717) is 26.2 Å². The average molecular weight is 382 g/mol. The number of ether oxygens (including phenoxy) is 1. The molecule has 28 heavy (non-hydrogen) atoms. The number of carbonyl (C=O) groups is 2. The van der Waals surface area contributed by atoms with Gasteiger partial charge in [0.25, 0.3) is 0 Å². The lowest BCUT2D eigenvalue weighted by Crippen LogP contribution is -2.47. The topological polar surface area (TPSA) is 82.7 Å². The first-order valence-electron chi connectivity index (χ1n) is 9.36. The quantitative estimate of drug-likeness (QED) is 0.682. The van der Waals surface area contributed by atoms with E-state index in [0.717, 1.165) is 23.4 Å². The molecule has 1 fully saturated rings. The highest BCUT2D eigenvalue weighted by molar-refractivity contribution is 5.82. The minimum Gasteiger partial charge on any atom is -0.375 e. The van der Waals surface area contributed by atoms with Crippen molar-refractivity contribution in [3.8, 4) is 0 Å². The van der Waals surface area contributed by atoms with Crippen molar-refractivity contribution in [1.82, 2.24) is 16.0 Å². The summed E-state index contributed by atoms with van der Waals surface area (Å²) in [7, 11) is 1.63. The molecule has 0 aliphatic carbocycles. The highest BCUT2D eigenvalue weighted by Crippen LogP contribution is 2.16. The molecule has 1 saturated heterocycles. The third-order valence-corrected chi connectivity index (χ3v) is 4.70. The summed E-state index contributed by atoms with van der Waals surface area (Å²) in [5, 5.41) is 8.51. The van der Waals surface area contributed by atoms with Gasteiger partial charge in [-0.2, -0.15) is 0 Å². The fourth-order valence-electron chi connectivity index (χ4n) is 3.12. The van der Waals surface area contributed by atoms with E-state index in [1.165, 1.54) is 0 Å². The number of piperazine rings is 1. The van der Waals surface area contributed by atoms with Crippen LogP contribution in [0.15, 0.2) is 54.6 Å². The highest BCUT2D eigenvalue weighted by atomic mass is 16.5. The van der Waals surface area contributed by atoms with Gasteiger partial charge in [0.2, 0.25) is 5.91 Å². The van der Waals surface area contributed by atoms with Gasteiger partial charge < -0.3 is 25.6 Å². The maximum absolute atomic E-state index is 12.1. The van der Waals surface area contributed by atoms with E-state index >= 15 is 0 Å². The SMILES string of the molecule is COC(CNC(=O)NCc1ccc(N2CCNC(=O)C2)cc1)c1ccccc1. The van der Waals surface area contributed by atoms with Gasteiger partial charge in [0.1, 0.15) is 0 Å². The third-order valence-electron chi connectivity index (χ3n) is 4.70. The van der Waals surface area contributed by atoms with Crippen LogP contribution in [-0.2, 0) is 16.1 Å². The Labute approximate surface area is 165 Å². The lowest BCUT2D eigenvalue weighted by Gasteiger charge is -2.28. The number of nitrogens with zero attached hydrogens (tertiary/aromatic N) is 1. The van der Waals surface area contributed by atoms with Crippen LogP contribution in [0, 0.1) is 0 Å². The van der Waals surface area contributed by atoms with Gasteiger partial charge in [-0.15, -0.1) is 0 Å². The van der Waals surface area contributed by atoms with Crippen LogP contribution in [0.5, 0.6) is 0 Å². The summed E-state index contributed by atoms with van der Waals surface area (Å²) in [6.07, 6.45) is -0.187. The first-order chi connectivity index (χ1) is 13.7. The monoisotopic (exact) mass is 382 g/mol. The second kappa shape index (κ2) is 9.75. The smallest absolute Gasteiger partial charge is 0.315 e. The number of benzene rings is 2. The molecule has 1 aliphatic rings. The van der Waals surface area contributed by atoms with E-state index < -0.39 is 0 Å². The number of amides is 3. The van der Waals surface area contributed by atoms with Crippen molar-refractivity contribution in [1.29, 1.82) is 0 Å². The van der Waals surface area contributed by atoms with Crippen molar-refractivity contribution in [2.75, 3.05) is 38.2 Å². The minimum absolute atomic E-state index is 0.0403. The Bertz CT molecular complexity index is 780. The second-order valence-corrected chi connectivity index (χ2v) is 6.64. The Kier molecular flexibility index (Phi) is 6.86. The predicted octanol–water partition coefficient (Wildman–Crippen LogP) is 1.81. The molecule has 7 heteroatoms. The van der Waals surface area contributed by atoms with Crippen molar-refractivity contribution in [3.05, 3.63) is 65.7 Å². The largest absolute Gasteiger partial charge is 0.375 e. The number of hydrogen-bond acceptors (Lipinski definition) is 4. The molecule has 3 amide bonds. The fourth-order valence-corrected chi connectivity index (χ4v) is 3.12. The molecule has 0 radical (unpaired) electrons. The summed E-state index contributed by atoms with van der Waals surface area (Å²) < 4.78 is 5.45. The molecule has 1 unspecified atom stereocenters. The molecule has 0 bridgehead atoms. The normalized spacial score (nSPS) is 14.9. The molecule has 0 saturated carbocycles.